The lowest BCUT2D eigenvalue weighted by atomic mass is 9.98. The maximum absolute atomic E-state index is 13.0. The Hall–Kier alpha value is -2.37. The van der Waals surface area contributed by atoms with Crippen LogP contribution in [-0.2, 0) is 9.53 Å². The average molecular weight is 437 g/mol. The molecule has 2 aromatic rings. The van der Waals surface area contributed by atoms with Gasteiger partial charge in [-0.05, 0) is 54.0 Å². The maximum Gasteiger partial charge on any atom is 0.223 e. The standard InChI is InChI=1S/C27H36N2O3/c1-4-32-23-7-5-6-22(16-23)24-17-25(24)27(30)28-18-26(29-12-14-31-15-13-29)21-10-8-20(9-11-21)19(2)3/h5-11,16,19,24-26H,4,12-15,17-18H2,1-3H3,(H,28,30)/t24-,25+,26+/m0/s1. The second-order valence-corrected chi connectivity index (χ2v) is 9.18. The molecule has 0 bridgehead atoms. The van der Waals surface area contributed by atoms with Crippen molar-refractivity contribution < 1.29 is 14.3 Å². The summed E-state index contributed by atoms with van der Waals surface area (Å²) in [6.45, 7) is 11.0. The summed E-state index contributed by atoms with van der Waals surface area (Å²) in [4.78, 5) is 15.4. The van der Waals surface area contributed by atoms with Crippen molar-refractivity contribution in [2.24, 2.45) is 5.92 Å². The first-order valence-corrected chi connectivity index (χ1v) is 12.0. The van der Waals surface area contributed by atoms with E-state index in [1.165, 1.54) is 16.7 Å². The van der Waals surface area contributed by atoms with Crippen LogP contribution in [0.1, 0.15) is 61.8 Å². The van der Waals surface area contributed by atoms with Gasteiger partial charge in [0.1, 0.15) is 5.75 Å². The normalized spacial score (nSPS) is 21.9. The lowest BCUT2D eigenvalue weighted by molar-refractivity contribution is -0.122. The fourth-order valence-electron chi connectivity index (χ4n) is 4.63. The predicted octanol–water partition coefficient (Wildman–Crippen LogP) is 4.50. The molecule has 1 N–H and O–H groups in total. The van der Waals surface area contributed by atoms with Gasteiger partial charge in [-0.3, -0.25) is 9.69 Å². The largest absolute Gasteiger partial charge is 0.494 e. The molecule has 1 amide bonds. The zero-order valence-electron chi connectivity index (χ0n) is 19.5. The summed E-state index contributed by atoms with van der Waals surface area (Å²) in [6, 6.07) is 17.2. The molecule has 5 nitrogen and oxygen atoms in total. The molecule has 0 unspecified atom stereocenters. The highest BCUT2D eigenvalue weighted by atomic mass is 16.5. The van der Waals surface area contributed by atoms with Crippen LogP contribution in [0, 0.1) is 5.92 Å². The molecular weight excluding hydrogens is 400 g/mol. The molecule has 2 fully saturated rings. The number of nitrogens with zero attached hydrogens (tertiary/aromatic N) is 1. The van der Waals surface area contributed by atoms with E-state index < -0.39 is 0 Å². The summed E-state index contributed by atoms with van der Waals surface area (Å²) < 4.78 is 11.2. The molecule has 4 rings (SSSR count). The molecule has 2 aromatic carbocycles. The zero-order chi connectivity index (χ0) is 22.5. The number of ether oxygens (including phenoxy) is 2. The molecule has 3 atom stereocenters. The van der Waals surface area contributed by atoms with Gasteiger partial charge in [-0.2, -0.15) is 0 Å². The zero-order valence-corrected chi connectivity index (χ0v) is 19.5. The number of hydrogen-bond donors (Lipinski definition) is 1. The van der Waals surface area contributed by atoms with Gasteiger partial charge in [-0.15, -0.1) is 0 Å². The molecule has 1 aliphatic heterocycles. The van der Waals surface area contributed by atoms with Crippen molar-refractivity contribution >= 4 is 5.91 Å². The minimum atomic E-state index is 0.0560. The maximum atomic E-state index is 13.0. The van der Waals surface area contributed by atoms with Gasteiger partial charge in [0.15, 0.2) is 0 Å². The monoisotopic (exact) mass is 436 g/mol. The first kappa shape index (κ1) is 22.8. The van der Waals surface area contributed by atoms with Gasteiger partial charge in [0, 0.05) is 25.6 Å². The Morgan fingerprint density at radius 1 is 1.12 bits per heavy atom. The Morgan fingerprint density at radius 3 is 2.53 bits per heavy atom. The van der Waals surface area contributed by atoms with Crippen LogP contribution in [0.4, 0.5) is 0 Å². The van der Waals surface area contributed by atoms with E-state index in [2.05, 4.69) is 60.5 Å². The van der Waals surface area contributed by atoms with E-state index >= 15 is 0 Å². The second-order valence-electron chi connectivity index (χ2n) is 9.18. The Morgan fingerprint density at radius 2 is 1.84 bits per heavy atom. The van der Waals surface area contributed by atoms with Crippen LogP contribution < -0.4 is 10.1 Å². The number of amides is 1. The highest BCUT2D eigenvalue weighted by Gasteiger charge is 2.44. The van der Waals surface area contributed by atoms with E-state index in [4.69, 9.17) is 9.47 Å². The van der Waals surface area contributed by atoms with Crippen molar-refractivity contribution in [2.45, 2.75) is 45.1 Å². The lowest BCUT2D eigenvalue weighted by Crippen LogP contribution is -2.44. The van der Waals surface area contributed by atoms with Gasteiger partial charge in [0.2, 0.25) is 5.91 Å². The molecule has 1 aliphatic carbocycles. The van der Waals surface area contributed by atoms with Crippen molar-refractivity contribution in [3.63, 3.8) is 0 Å². The van der Waals surface area contributed by atoms with Crippen molar-refractivity contribution in [2.75, 3.05) is 39.5 Å². The van der Waals surface area contributed by atoms with Crippen molar-refractivity contribution in [1.82, 2.24) is 10.2 Å². The third-order valence-corrected chi connectivity index (χ3v) is 6.67. The molecule has 1 saturated heterocycles. The Labute approximate surface area is 192 Å². The van der Waals surface area contributed by atoms with Gasteiger partial charge in [-0.25, -0.2) is 0 Å². The molecule has 172 valence electrons. The SMILES string of the molecule is CCOc1cccc([C@@H]2C[C@H]2C(=O)NC[C@H](c2ccc(C(C)C)cc2)N2CCOCC2)c1. The molecule has 5 heteroatoms. The van der Waals surface area contributed by atoms with Crippen molar-refractivity contribution in [3.05, 3.63) is 65.2 Å². The second kappa shape index (κ2) is 10.5. The van der Waals surface area contributed by atoms with Crippen LogP contribution in [0.5, 0.6) is 5.75 Å². The summed E-state index contributed by atoms with van der Waals surface area (Å²) >= 11 is 0. The molecule has 1 saturated carbocycles. The van der Waals surface area contributed by atoms with Gasteiger partial charge in [0.05, 0.1) is 25.9 Å². The highest BCUT2D eigenvalue weighted by molar-refractivity contribution is 5.83. The fraction of sp³-hybridized carbons (Fsp3) is 0.519. The average Bonchev–Trinajstić information content (AvgIpc) is 3.62. The van der Waals surface area contributed by atoms with E-state index in [1.807, 2.05) is 19.1 Å². The first-order valence-electron chi connectivity index (χ1n) is 12.0. The van der Waals surface area contributed by atoms with Crippen LogP contribution in [-0.4, -0.2) is 50.3 Å². The smallest absolute Gasteiger partial charge is 0.223 e. The van der Waals surface area contributed by atoms with Gasteiger partial charge in [0.25, 0.3) is 0 Å². The molecular formula is C27H36N2O3. The summed E-state index contributed by atoms with van der Waals surface area (Å²) in [5.41, 5.74) is 3.80. The highest BCUT2D eigenvalue weighted by Crippen LogP contribution is 2.48. The van der Waals surface area contributed by atoms with Crippen LogP contribution >= 0.6 is 0 Å². The van der Waals surface area contributed by atoms with Crippen LogP contribution in [0.25, 0.3) is 0 Å². The fourth-order valence-corrected chi connectivity index (χ4v) is 4.63. The third kappa shape index (κ3) is 5.51. The number of benzene rings is 2. The van der Waals surface area contributed by atoms with E-state index in [-0.39, 0.29) is 17.9 Å². The van der Waals surface area contributed by atoms with Crippen molar-refractivity contribution in [3.8, 4) is 5.75 Å². The summed E-state index contributed by atoms with van der Waals surface area (Å²) in [5.74, 6) is 1.91. The van der Waals surface area contributed by atoms with E-state index in [0.717, 1.165) is 38.5 Å². The topological polar surface area (TPSA) is 50.8 Å². The van der Waals surface area contributed by atoms with Gasteiger partial charge < -0.3 is 14.8 Å². The molecule has 0 radical (unpaired) electrons. The number of carbonyl (C=O) groups excluding carboxylic acids is 1. The van der Waals surface area contributed by atoms with E-state index in [1.54, 1.807) is 0 Å². The third-order valence-electron chi connectivity index (χ3n) is 6.67. The Kier molecular flexibility index (Phi) is 7.48. The lowest BCUT2D eigenvalue weighted by Gasteiger charge is -2.35. The van der Waals surface area contributed by atoms with E-state index in [9.17, 15) is 4.79 Å². The summed E-state index contributed by atoms with van der Waals surface area (Å²) in [7, 11) is 0. The molecule has 0 spiro atoms. The number of carbonyl (C=O) groups is 1. The van der Waals surface area contributed by atoms with Gasteiger partial charge in [-0.1, -0.05) is 50.2 Å². The molecule has 2 aliphatic rings. The predicted molar refractivity (Wildman–Crippen MR) is 127 cm³/mol. The molecule has 0 aromatic heterocycles. The molecule has 1 heterocycles. The van der Waals surface area contributed by atoms with Crippen molar-refractivity contribution in [1.29, 1.82) is 0 Å². The minimum absolute atomic E-state index is 0.0560. The number of rotatable bonds is 9. The van der Waals surface area contributed by atoms with Crippen LogP contribution in [0.3, 0.4) is 0 Å². The number of morpholine rings is 1. The van der Waals surface area contributed by atoms with Crippen LogP contribution in [0.15, 0.2) is 48.5 Å². The summed E-state index contributed by atoms with van der Waals surface area (Å²) in [6.07, 6.45) is 0.909. The quantitative estimate of drug-likeness (QED) is 0.629. The number of hydrogen-bond acceptors (Lipinski definition) is 4. The Balaban J connectivity index is 1.39. The van der Waals surface area contributed by atoms with Crippen LogP contribution in [0.2, 0.25) is 0 Å². The number of nitrogens with one attached hydrogen (secondary N) is 1. The van der Waals surface area contributed by atoms with Gasteiger partial charge >= 0.3 is 0 Å². The first-order chi connectivity index (χ1) is 15.6. The summed E-state index contributed by atoms with van der Waals surface area (Å²) in [5, 5.41) is 3.26. The molecule has 32 heavy (non-hydrogen) atoms. The Bertz CT molecular complexity index is 890. The van der Waals surface area contributed by atoms with E-state index in [0.29, 0.717) is 25.0 Å². The minimum Gasteiger partial charge on any atom is -0.494 e.